The third kappa shape index (κ3) is 3.32. The number of phenolic OH excluding ortho intramolecular Hbond substituents is 1. The molecule has 0 aliphatic heterocycles. The highest BCUT2D eigenvalue weighted by Crippen LogP contribution is 2.15. The molecule has 20 heavy (non-hydrogen) atoms. The summed E-state index contributed by atoms with van der Waals surface area (Å²) in [6.07, 6.45) is 2.49. The van der Waals surface area contributed by atoms with Crippen LogP contribution in [-0.4, -0.2) is 22.0 Å². The molecule has 0 aliphatic carbocycles. The van der Waals surface area contributed by atoms with Gasteiger partial charge in [0.25, 0.3) is 0 Å². The molecule has 0 saturated heterocycles. The molecule has 0 saturated carbocycles. The number of carboxylic acid groups (broad SMARTS) is 1. The number of hydrogen-bond donors (Lipinski definition) is 2. The molecule has 2 aromatic carbocycles. The molecule has 4 nitrogen and oxygen atoms in total. The van der Waals surface area contributed by atoms with Gasteiger partial charge in [0, 0.05) is 17.2 Å². The van der Waals surface area contributed by atoms with Crippen molar-refractivity contribution in [2.45, 2.75) is 0 Å². The fourth-order valence-electron chi connectivity index (χ4n) is 1.69. The third-order valence-corrected chi connectivity index (χ3v) is 2.72. The van der Waals surface area contributed by atoms with Gasteiger partial charge in [-0.2, -0.15) is 0 Å². The molecule has 0 radical (unpaired) electrons. The van der Waals surface area contributed by atoms with E-state index in [9.17, 15) is 14.7 Å². The van der Waals surface area contributed by atoms with Crippen LogP contribution in [-0.2, 0) is 4.79 Å². The van der Waals surface area contributed by atoms with E-state index in [1.54, 1.807) is 36.4 Å². The fourth-order valence-corrected chi connectivity index (χ4v) is 1.69. The second kappa shape index (κ2) is 5.84. The van der Waals surface area contributed by atoms with Crippen LogP contribution in [0.25, 0.3) is 6.08 Å². The molecule has 0 heterocycles. The second-order valence-corrected chi connectivity index (χ2v) is 4.17. The van der Waals surface area contributed by atoms with Gasteiger partial charge in [0.1, 0.15) is 5.75 Å². The zero-order valence-electron chi connectivity index (χ0n) is 10.5. The van der Waals surface area contributed by atoms with Crippen LogP contribution < -0.4 is 0 Å². The molecule has 2 rings (SSSR count). The van der Waals surface area contributed by atoms with Crippen LogP contribution in [0.3, 0.4) is 0 Å². The van der Waals surface area contributed by atoms with E-state index in [4.69, 9.17) is 5.11 Å². The molecule has 0 spiro atoms. The van der Waals surface area contributed by atoms with Gasteiger partial charge in [-0.15, -0.1) is 0 Å². The Labute approximate surface area is 115 Å². The summed E-state index contributed by atoms with van der Waals surface area (Å²) in [5, 5.41) is 17.7. The van der Waals surface area contributed by atoms with E-state index in [2.05, 4.69) is 0 Å². The van der Waals surface area contributed by atoms with Crippen molar-refractivity contribution in [3.63, 3.8) is 0 Å². The predicted molar refractivity (Wildman–Crippen MR) is 74.7 cm³/mol. The van der Waals surface area contributed by atoms with Gasteiger partial charge in [-0.25, -0.2) is 4.79 Å². The fraction of sp³-hybridized carbons (Fsp3) is 0. The van der Waals surface area contributed by atoms with Gasteiger partial charge in [0.2, 0.25) is 0 Å². The topological polar surface area (TPSA) is 74.6 Å². The van der Waals surface area contributed by atoms with E-state index >= 15 is 0 Å². The number of ketones is 1. The van der Waals surface area contributed by atoms with Crippen LogP contribution in [0, 0.1) is 0 Å². The molecular formula is C16H12O4. The minimum absolute atomic E-state index is 0.107. The monoisotopic (exact) mass is 268 g/mol. The smallest absolute Gasteiger partial charge is 0.328 e. The zero-order chi connectivity index (χ0) is 14.5. The lowest BCUT2D eigenvalue weighted by Crippen LogP contribution is -2.00. The summed E-state index contributed by atoms with van der Waals surface area (Å²) in [4.78, 5) is 22.5. The molecule has 0 aliphatic rings. The van der Waals surface area contributed by atoms with Crippen molar-refractivity contribution in [2.24, 2.45) is 0 Å². The van der Waals surface area contributed by atoms with Gasteiger partial charge in [0.15, 0.2) is 5.78 Å². The maximum atomic E-state index is 12.1. The van der Waals surface area contributed by atoms with E-state index in [-0.39, 0.29) is 11.5 Å². The Morgan fingerprint density at radius 3 is 1.85 bits per heavy atom. The summed E-state index contributed by atoms with van der Waals surface area (Å²) < 4.78 is 0. The molecule has 0 amide bonds. The van der Waals surface area contributed by atoms with E-state index in [0.29, 0.717) is 16.7 Å². The van der Waals surface area contributed by atoms with Crippen LogP contribution in [0.1, 0.15) is 21.5 Å². The molecule has 0 aromatic heterocycles. The first-order valence-corrected chi connectivity index (χ1v) is 5.91. The molecule has 0 unspecified atom stereocenters. The normalized spacial score (nSPS) is 10.6. The quantitative estimate of drug-likeness (QED) is 0.660. The van der Waals surface area contributed by atoms with Gasteiger partial charge in [0.05, 0.1) is 0 Å². The molecular weight excluding hydrogens is 256 g/mol. The number of carbonyl (C=O) groups is 2. The lowest BCUT2D eigenvalue weighted by Gasteiger charge is -2.02. The minimum atomic E-state index is -1.02. The van der Waals surface area contributed by atoms with Crippen molar-refractivity contribution in [3.05, 3.63) is 71.3 Å². The van der Waals surface area contributed by atoms with Crippen LogP contribution in [0.15, 0.2) is 54.6 Å². The third-order valence-electron chi connectivity index (χ3n) is 2.72. The van der Waals surface area contributed by atoms with E-state index in [1.165, 1.54) is 18.2 Å². The van der Waals surface area contributed by atoms with Gasteiger partial charge in [-0.05, 0) is 35.9 Å². The summed E-state index contributed by atoms with van der Waals surface area (Å²) in [6, 6.07) is 12.6. The minimum Gasteiger partial charge on any atom is -0.508 e. The molecule has 0 bridgehead atoms. The molecule has 100 valence electrons. The molecule has 2 N–H and O–H groups in total. The number of aromatic hydroxyl groups is 1. The number of carbonyl (C=O) groups excluding carboxylic acids is 1. The first-order valence-electron chi connectivity index (χ1n) is 5.91. The first kappa shape index (κ1) is 13.5. The van der Waals surface area contributed by atoms with Crippen molar-refractivity contribution in [1.82, 2.24) is 0 Å². The number of benzene rings is 2. The standard InChI is InChI=1S/C16H12O4/c17-14-8-6-13(7-9-14)16(20)12-4-1-11(2-5-12)3-10-15(18)19/h1-10,17H,(H,18,19). The Bertz CT molecular complexity index is 652. The highest BCUT2D eigenvalue weighted by molar-refractivity contribution is 6.09. The number of phenols is 1. The predicted octanol–water partition coefficient (Wildman–Crippen LogP) is 2.72. The number of carboxylic acids is 1. The summed E-state index contributed by atoms with van der Waals surface area (Å²) in [6.45, 7) is 0. The summed E-state index contributed by atoms with van der Waals surface area (Å²) in [7, 11) is 0. The molecule has 0 atom stereocenters. The Kier molecular flexibility index (Phi) is 3.96. The van der Waals surface area contributed by atoms with Crippen molar-refractivity contribution < 1.29 is 19.8 Å². The number of aliphatic carboxylic acids is 1. The Morgan fingerprint density at radius 1 is 0.850 bits per heavy atom. The number of rotatable bonds is 4. The lowest BCUT2D eigenvalue weighted by atomic mass is 10.0. The highest BCUT2D eigenvalue weighted by Gasteiger charge is 2.08. The molecule has 2 aromatic rings. The van der Waals surface area contributed by atoms with E-state index in [0.717, 1.165) is 6.08 Å². The van der Waals surface area contributed by atoms with Gasteiger partial charge < -0.3 is 10.2 Å². The average Bonchev–Trinajstić information content (AvgIpc) is 2.46. The van der Waals surface area contributed by atoms with Gasteiger partial charge in [-0.3, -0.25) is 4.79 Å². The second-order valence-electron chi connectivity index (χ2n) is 4.17. The maximum absolute atomic E-state index is 12.1. The largest absolute Gasteiger partial charge is 0.508 e. The van der Waals surface area contributed by atoms with Gasteiger partial charge in [-0.1, -0.05) is 24.3 Å². The van der Waals surface area contributed by atoms with Crippen molar-refractivity contribution in [1.29, 1.82) is 0 Å². The first-order chi connectivity index (χ1) is 9.56. The number of hydrogen-bond acceptors (Lipinski definition) is 3. The Balaban J connectivity index is 2.19. The van der Waals surface area contributed by atoms with E-state index in [1.807, 2.05) is 0 Å². The van der Waals surface area contributed by atoms with Crippen LogP contribution >= 0.6 is 0 Å². The van der Waals surface area contributed by atoms with Crippen molar-refractivity contribution in [2.75, 3.05) is 0 Å². The summed E-state index contributed by atoms with van der Waals surface area (Å²) in [5.74, 6) is -1.07. The van der Waals surface area contributed by atoms with Gasteiger partial charge >= 0.3 is 5.97 Å². The van der Waals surface area contributed by atoms with E-state index < -0.39 is 5.97 Å². The lowest BCUT2D eigenvalue weighted by molar-refractivity contribution is -0.131. The summed E-state index contributed by atoms with van der Waals surface area (Å²) in [5.41, 5.74) is 1.69. The Hall–Kier alpha value is -2.88. The summed E-state index contributed by atoms with van der Waals surface area (Å²) >= 11 is 0. The van der Waals surface area contributed by atoms with Crippen LogP contribution in [0.2, 0.25) is 0 Å². The highest BCUT2D eigenvalue weighted by atomic mass is 16.4. The van der Waals surface area contributed by atoms with Crippen molar-refractivity contribution >= 4 is 17.8 Å². The van der Waals surface area contributed by atoms with Crippen molar-refractivity contribution in [3.8, 4) is 5.75 Å². The Morgan fingerprint density at radius 2 is 1.35 bits per heavy atom. The molecule has 4 heteroatoms. The SMILES string of the molecule is O=C(O)C=Cc1ccc(C(=O)c2ccc(O)cc2)cc1. The zero-order valence-corrected chi connectivity index (χ0v) is 10.5. The van der Waals surface area contributed by atoms with Crippen LogP contribution in [0.5, 0.6) is 5.75 Å². The van der Waals surface area contributed by atoms with Crippen LogP contribution in [0.4, 0.5) is 0 Å². The maximum Gasteiger partial charge on any atom is 0.328 e. The average molecular weight is 268 g/mol. The molecule has 0 fully saturated rings.